The lowest BCUT2D eigenvalue weighted by Gasteiger charge is -2.25. The van der Waals surface area contributed by atoms with Crippen molar-refractivity contribution >= 4 is 5.97 Å². The van der Waals surface area contributed by atoms with Crippen LogP contribution in [0.2, 0.25) is 0 Å². The molecule has 0 amide bonds. The Morgan fingerprint density at radius 1 is 1.11 bits per heavy atom. The number of rotatable bonds is 1. The molecule has 3 nitrogen and oxygen atoms in total. The third kappa shape index (κ3) is 1.54. The van der Waals surface area contributed by atoms with E-state index in [1.807, 2.05) is 0 Å². The molecule has 1 atom stereocenters. The summed E-state index contributed by atoms with van der Waals surface area (Å²) >= 11 is 0. The summed E-state index contributed by atoms with van der Waals surface area (Å²) in [5, 5.41) is 9.34. The fourth-order valence-corrected chi connectivity index (χ4v) is 2.20. The lowest BCUT2D eigenvalue weighted by Crippen LogP contribution is -2.18. The SMILES string of the molecule is O=C(O)[C@H]1c2ccccc2Oc2ccc(F)cc21. The summed E-state index contributed by atoms with van der Waals surface area (Å²) in [6, 6.07) is 10.8. The molecule has 3 rings (SSSR count). The van der Waals surface area contributed by atoms with Gasteiger partial charge >= 0.3 is 5.97 Å². The van der Waals surface area contributed by atoms with Gasteiger partial charge in [-0.05, 0) is 24.3 Å². The third-order valence-corrected chi connectivity index (χ3v) is 2.98. The number of ether oxygens (including phenoxy) is 1. The Morgan fingerprint density at radius 2 is 1.83 bits per heavy atom. The number of carbonyl (C=O) groups is 1. The van der Waals surface area contributed by atoms with Gasteiger partial charge in [-0.1, -0.05) is 18.2 Å². The van der Waals surface area contributed by atoms with Crippen molar-refractivity contribution in [2.45, 2.75) is 5.92 Å². The Hall–Kier alpha value is -2.36. The van der Waals surface area contributed by atoms with Crippen molar-refractivity contribution in [3.63, 3.8) is 0 Å². The van der Waals surface area contributed by atoms with Crippen molar-refractivity contribution in [2.24, 2.45) is 0 Å². The van der Waals surface area contributed by atoms with Crippen LogP contribution in [0.1, 0.15) is 17.0 Å². The minimum absolute atomic E-state index is 0.348. The molecule has 1 aliphatic heterocycles. The Bertz CT molecular complexity index is 637. The summed E-state index contributed by atoms with van der Waals surface area (Å²) in [4.78, 5) is 11.4. The number of aliphatic carboxylic acids is 1. The molecule has 0 radical (unpaired) electrons. The predicted molar refractivity (Wildman–Crippen MR) is 62.4 cm³/mol. The van der Waals surface area contributed by atoms with Crippen molar-refractivity contribution in [1.29, 1.82) is 0 Å². The maximum absolute atomic E-state index is 13.3. The Labute approximate surface area is 102 Å². The Kier molecular flexibility index (Phi) is 2.30. The highest BCUT2D eigenvalue weighted by molar-refractivity contribution is 5.83. The van der Waals surface area contributed by atoms with E-state index in [9.17, 15) is 14.3 Å². The van der Waals surface area contributed by atoms with Gasteiger partial charge in [-0.25, -0.2) is 4.39 Å². The first-order chi connectivity index (χ1) is 8.66. The first-order valence-electron chi connectivity index (χ1n) is 5.46. The van der Waals surface area contributed by atoms with Crippen LogP contribution in [0.5, 0.6) is 11.5 Å². The smallest absolute Gasteiger partial charge is 0.315 e. The van der Waals surface area contributed by atoms with Crippen LogP contribution in [0.3, 0.4) is 0 Å². The molecule has 1 N–H and O–H groups in total. The second-order valence-electron chi connectivity index (χ2n) is 4.09. The Morgan fingerprint density at radius 3 is 2.61 bits per heavy atom. The fraction of sp³-hybridized carbons (Fsp3) is 0.0714. The standard InChI is InChI=1S/C14H9FO3/c15-8-5-6-12-10(7-8)13(14(16)17)9-3-1-2-4-11(9)18-12/h1-7,13H,(H,16,17)/t13-/m0/s1. The summed E-state index contributed by atoms with van der Waals surface area (Å²) in [6.45, 7) is 0. The molecule has 1 aliphatic rings. The number of fused-ring (bicyclic) bond motifs is 2. The first-order valence-corrected chi connectivity index (χ1v) is 5.46. The maximum atomic E-state index is 13.3. The first kappa shape index (κ1) is 10.8. The van der Waals surface area contributed by atoms with E-state index in [2.05, 4.69) is 0 Å². The molecule has 0 fully saturated rings. The van der Waals surface area contributed by atoms with Gasteiger partial charge in [-0.2, -0.15) is 0 Å². The van der Waals surface area contributed by atoms with Gasteiger partial charge in [0.25, 0.3) is 0 Å². The number of carboxylic acid groups (broad SMARTS) is 1. The van der Waals surface area contributed by atoms with E-state index in [1.54, 1.807) is 24.3 Å². The quantitative estimate of drug-likeness (QED) is 0.838. The molecule has 0 saturated carbocycles. The molecule has 0 saturated heterocycles. The van der Waals surface area contributed by atoms with Crippen molar-refractivity contribution in [1.82, 2.24) is 0 Å². The van der Waals surface area contributed by atoms with Crippen molar-refractivity contribution in [2.75, 3.05) is 0 Å². The topological polar surface area (TPSA) is 46.5 Å². The van der Waals surface area contributed by atoms with Gasteiger partial charge in [0.2, 0.25) is 0 Å². The van der Waals surface area contributed by atoms with E-state index in [-0.39, 0.29) is 0 Å². The predicted octanol–water partition coefficient (Wildman–Crippen LogP) is 3.15. The molecular formula is C14H9FO3. The molecule has 0 spiro atoms. The van der Waals surface area contributed by atoms with Crippen molar-refractivity contribution < 1.29 is 19.0 Å². The summed E-state index contributed by atoms with van der Waals surface area (Å²) in [5.41, 5.74) is 0.893. The van der Waals surface area contributed by atoms with Crippen molar-refractivity contribution in [3.8, 4) is 11.5 Å². The summed E-state index contributed by atoms with van der Waals surface area (Å²) in [5.74, 6) is -1.48. The number of halogens is 1. The average molecular weight is 244 g/mol. The molecule has 2 aromatic carbocycles. The third-order valence-electron chi connectivity index (χ3n) is 2.98. The second kappa shape index (κ2) is 3.84. The molecule has 1 heterocycles. The van der Waals surface area contributed by atoms with Gasteiger partial charge in [0, 0.05) is 11.1 Å². The zero-order valence-electron chi connectivity index (χ0n) is 9.26. The molecule has 0 bridgehead atoms. The number of benzene rings is 2. The number of carboxylic acids is 1. The average Bonchev–Trinajstić information content (AvgIpc) is 2.35. The molecule has 0 unspecified atom stereocenters. The van der Waals surface area contributed by atoms with Crippen molar-refractivity contribution in [3.05, 3.63) is 59.4 Å². The lowest BCUT2D eigenvalue weighted by molar-refractivity contribution is -0.137. The van der Waals surface area contributed by atoms with E-state index < -0.39 is 17.7 Å². The number of hydrogen-bond acceptors (Lipinski definition) is 2. The van der Waals surface area contributed by atoms with Gasteiger partial charge in [0.05, 0.1) is 0 Å². The summed E-state index contributed by atoms with van der Waals surface area (Å²) < 4.78 is 18.8. The highest BCUT2D eigenvalue weighted by atomic mass is 19.1. The largest absolute Gasteiger partial charge is 0.481 e. The molecule has 2 aromatic rings. The lowest BCUT2D eigenvalue weighted by atomic mass is 9.88. The van der Waals surface area contributed by atoms with Crippen LogP contribution < -0.4 is 4.74 Å². The second-order valence-corrected chi connectivity index (χ2v) is 4.09. The van der Waals surface area contributed by atoms with E-state index in [4.69, 9.17) is 4.74 Å². The molecule has 90 valence electrons. The van der Waals surface area contributed by atoms with Gasteiger partial charge in [-0.15, -0.1) is 0 Å². The van der Waals surface area contributed by atoms with E-state index >= 15 is 0 Å². The van der Waals surface area contributed by atoms with Gasteiger partial charge in [-0.3, -0.25) is 4.79 Å². The Balaban J connectivity index is 2.24. The molecule has 18 heavy (non-hydrogen) atoms. The summed E-state index contributed by atoms with van der Waals surface area (Å²) in [7, 11) is 0. The zero-order valence-corrected chi connectivity index (χ0v) is 9.26. The van der Waals surface area contributed by atoms with Crippen LogP contribution in [0.15, 0.2) is 42.5 Å². The number of hydrogen-bond donors (Lipinski definition) is 1. The summed E-state index contributed by atoms with van der Waals surface area (Å²) in [6.07, 6.45) is 0. The van der Waals surface area contributed by atoms with Crippen LogP contribution in [0.25, 0.3) is 0 Å². The van der Waals surface area contributed by atoms with Gasteiger partial charge in [0.1, 0.15) is 23.2 Å². The van der Waals surface area contributed by atoms with Gasteiger partial charge < -0.3 is 9.84 Å². The van der Waals surface area contributed by atoms with Gasteiger partial charge in [0.15, 0.2) is 0 Å². The monoisotopic (exact) mass is 244 g/mol. The highest BCUT2D eigenvalue weighted by Gasteiger charge is 2.32. The van der Waals surface area contributed by atoms with Crippen LogP contribution >= 0.6 is 0 Å². The van der Waals surface area contributed by atoms with Crippen LogP contribution in [-0.2, 0) is 4.79 Å². The normalized spacial score (nSPS) is 16.4. The van der Waals surface area contributed by atoms with Crippen LogP contribution in [-0.4, -0.2) is 11.1 Å². The fourth-order valence-electron chi connectivity index (χ4n) is 2.20. The molecule has 4 heteroatoms. The molecule has 0 aliphatic carbocycles. The zero-order chi connectivity index (χ0) is 12.7. The van der Waals surface area contributed by atoms with E-state index in [1.165, 1.54) is 18.2 Å². The molecular weight excluding hydrogens is 235 g/mol. The van der Waals surface area contributed by atoms with E-state index in [0.29, 0.717) is 22.6 Å². The molecule has 0 aromatic heterocycles. The minimum Gasteiger partial charge on any atom is -0.481 e. The van der Waals surface area contributed by atoms with Crippen LogP contribution in [0.4, 0.5) is 4.39 Å². The maximum Gasteiger partial charge on any atom is 0.315 e. The van der Waals surface area contributed by atoms with Crippen LogP contribution in [0, 0.1) is 5.82 Å². The minimum atomic E-state index is -1.02. The highest BCUT2D eigenvalue weighted by Crippen LogP contribution is 2.44. The van der Waals surface area contributed by atoms with E-state index in [0.717, 1.165) is 0 Å². The number of para-hydroxylation sites is 1.